The van der Waals surface area contributed by atoms with Gasteiger partial charge in [0.2, 0.25) is 0 Å². The third-order valence-corrected chi connectivity index (χ3v) is 3.56. The molecule has 0 saturated heterocycles. The van der Waals surface area contributed by atoms with E-state index in [9.17, 15) is 14.5 Å². The number of carboxylic acids is 1. The predicted molar refractivity (Wildman–Crippen MR) is 58.1 cm³/mol. The molecule has 1 unspecified atom stereocenters. The smallest absolute Gasteiger partial charge is 0.337 e. The molecule has 82 valence electrons. The first kappa shape index (κ1) is 12.0. The lowest BCUT2D eigenvalue weighted by Gasteiger charge is -2.10. The maximum atomic E-state index is 11.7. The summed E-state index contributed by atoms with van der Waals surface area (Å²) in [5, 5.41) is 18.5. The summed E-state index contributed by atoms with van der Waals surface area (Å²) in [6, 6.07) is 6.23. The minimum atomic E-state index is -2.42. The van der Waals surface area contributed by atoms with Gasteiger partial charge in [0.25, 0.3) is 0 Å². The molecule has 1 aromatic rings. The van der Waals surface area contributed by atoms with Crippen molar-refractivity contribution in [2.24, 2.45) is 0 Å². The van der Waals surface area contributed by atoms with Crippen LogP contribution in [0.15, 0.2) is 24.3 Å². The molecule has 1 aromatic carbocycles. The number of carbonyl (C=O) groups is 1. The highest BCUT2D eigenvalue weighted by molar-refractivity contribution is 7.70. The van der Waals surface area contributed by atoms with E-state index in [0.717, 1.165) is 0 Å². The van der Waals surface area contributed by atoms with Crippen LogP contribution in [0.4, 0.5) is 0 Å². The van der Waals surface area contributed by atoms with Crippen molar-refractivity contribution < 1.29 is 19.6 Å². The zero-order chi connectivity index (χ0) is 11.6. The number of hydrogen-bond acceptors (Lipinski definition) is 3. The van der Waals surface area contributed by atoms with Gasteiger partial charge in [0.05, 0.1) is 0 Å². The van der Waals surface area contributed by atoms with Gasteiger partial charge >= 0.3 is 5.97 Å². The van der Waals surface area contributed by atoms with Crippen molar-refractivity contribution in [2.45, 2.75) is 6.10 Å². The normalized spacial score (nSPS) is 13.5. The molecule has 0 heterocycles. The van der Waals surface area contributed by atoms with Crippen molar-refractivity contribution in [1.82, 2.24) is 0 Å². The summed E-state index contributed by atoms with van der Waals surface area (Å²) in [4.78, 5) is 10.5. The summed E-state index contributed by atoms with van der Waals surface area (Å²) in [6.45, 7) is 3.19. The van der Waals surface area contributed by atoms with Crippen molar-refractivity contribution in [3.63, 3.8) is 0 Å². The molecule has 0 saturated carbocycles. The molecular formula is C10H13O4P. The number of hydrogen-bond donors (Lipinski definition) is 2. The second-order valence-electron chi connectivity index (χ2n) is 3.69. The zero-order valence-corrected chi connectivity index (χ0v) is 9.44. The Morgan fingerprint density at radius 2 is 2.00 bits per heavy atom. The molecule has 0 amide bonds. The Balaban J connectivity index is 3.14. The van der Waals surface area contributed by atoms with E-state index in [1.807, 2.05) is 0 Å². The fraction of sp³-hybridized carbons (Fsp3) is 0.300. The highest BCUT2D eigenvalue weighted by Gasteiger charge is 2.18. The van der Waals surface area contributed by atoms with E-state index in [-0.39, 0.29) is 5.56 Å². The van der Waals surface area contributed by atoms with Crippen LogP contribution in [0, 0.1) is 0 Å². The minimum Gasteiger partial charge on any atom is -0.479 e. The van der Waals surface area contributed by atoms with E-state index in [2.05, 4.69) is 0 Å². The van der Waals surface area contributed by atoms with E-state index in [4.69, 9.17) is 5.11 Å². The first-order valence-corrected chi connectivity index (χ1v) is 6.99. The van der Waals surface area contributed by atoms with Gasteiger partial charge in [0.15, 0.2) is 6.10 Å². The van der Waals surface area contributed by atoms with Crippen molar-refractivity contribution in [3.05, 3.63) is 29.8 Å². The first-order valence-electron chi connectivity index (χ1n) is 4.39. The SMILES string of the molecule is CP(C)(=O)c1cccc(C(O)C(=O)O)c1. The van der Waals surface area contributed by atoms with E-state index in [0.29, 0.717) is 5.30 Å². The Hall–Kier alpha value is -1.12. The molecule has 0 aliphatic carbocycles. The monoisotopic (exact) mass is 228 g/mol. The Morgan fingerprint density at radius 1 is 1.40 bits per heavy atom. The summed E-state index contributed by atoms with van der Waals surface area (Å²) in [7, 11) is -2.42. The third kappa shape index (κ3) is 2.91. The van der Waals surface area contributed by atoms with E-state index < -0.39 is 19.2 Å². The second kappa shape index (κ2) is 4.17. The van der Waals surface area contributed by atoms with Crippen molar-refractivity contribution >= 4 is 18.4 Å². The molecule has 0 spiro atoms. The van der Waals surface area contributed by atoms with Crippen LogP contribution in [0.3, 0.4) is 0 Å². The van der Waals surface area contributed by atoms with Gasteiger partial charge in [-0.2, -0.15) is 0 Å². The van der Waals surface area contributed by atoms with E-state index in [1.54, 1.807) is 25.5 Å². The largest absolute Gasteiger partial charge is 0.479 e. The number of aliphatic carboxylic acids is 1. The Bertz CT molecular complexity index is 421. The van der Waals surface area contributed by atoms with E-state index >= 15 is 0 Å². The molecule has 1 rings (SSSR count). The Labute approximate surface area is 87.9 Å². The maximum absolute atomic E-state index is 11.7. The van der Waals surface area contributed by atoms with Crippen molar-refractivity contribution in [1.29, 1.82) is 0 Å². The summed E-state index contributed by atoms with van der Waals surface area (Å²) >= 11 is 0. The van der Waals surface area contributed by atoms with Crippen LogP contribution in [0.25, 0.3) is 0 Å². The molecule has 0 fully saturated rings. The second-order valence-corrected chi connectivity index (χ2v) is 6.90. The van der Waals surface area contributed by atoms with Crippen LogP contribution in [0.2, 0.25) is 0 Å². The fourth-order valence-electron chi connectivity index (χ4n) is 1.17. The fourth-order valence-corrected chi connectivity index (χ4v) is 2.08. The van der Waals surface area contributed by atoms with Crippen LogP contribution in [0.5, 0.6) is 0 Å². The van der Waals surface area contributed by atoms with Gasteiger partial charge in [-0.05, 0) is 25.0 Å². The number of aliphatic hydroxyl groups is 1. The van der Waals surface area contributed by atoms with Gasteiger partial charge in [-0.1, -0.05) is 18.2 Å². The molecule has 0 bridgehead atoms. The number of aliphatic hydroxyl groups excluding tert-OH is 1. The van der Waals surface area contributed by atoms with Crippen LogP contribution in [0.1, 0.15) is 11.7 Å². The predicted octanol–water partition coefficient (Wildman–Crippen LogP) is 1.05. The quantitative estimate of drug-likeness (QED) is 0.758. The van der Waals surface area contributed by atoms with Gasteiger partial charge in [-0.15, -0.1) is 0 Å². The Kier molecular flexibility index (Phi) is 3.32. The van der Waals surface area contributed by atoms with Crippen LogP contribution in [-0.2, 0) is 9.36 Å². The number of benzene rings is 1. The van der Waals surface area contributed by atoms with E-state index in [1.165, 1.54) is 12.1 Å². The lowest BCUT2D eigenvalue weighted by atomic mass is 10.1. The van der Waals surface area contributed by atoms with Crippen molar-refractivity contribution in [3.8, 4) is 0 Å². The maximum Gasteiger partial charge on any atom is 0.337 e. The lowest BCUT2D eigenvalue weighted by molar-refractivity contribution is -0.146. The van der Waals surface area contributed by atoms with Crippen LogP contribution < -0.4 is 5.30 Å². The first-order chi connectivity index (χ1) is 6.82. The standard InChI is InChI=1S/C10H13O4P/c1-15(2,14)8-5-3-4-7(6-8)9(11)10(12)13/h3-6,9,11H,1-2H3,(H,12,13). The van der Waals surface area contributed by atoms with Gasteiger partial charge < -0.3 is 14.8 Å². The van der Waals surface area contributed by atoms with Gasteiger partial charge in [-0.25, -0.2) is 4.79 Å². The molecule has 2 N–H and O–H groups in total. The molecular weight excluding hydrogens is 215 g/mol. The molecule has 0 aromatic heterocycles. The van der Waals surface area contributed by atoms with Crippen LogP contribution in [-0.4, -0.2) is 29.5 Å². The topological polar surface area (TPSA) is 74.6 Å². The number of carboxylic acid groups (broad SMARTS) is 1. The summed E-state index contributed by atoms with van der Waals surface area (Å²) in [5.74, 6) is -1.31. The van der Waals surface area contributed by atoms with Gasteiger partial charge in [0, 0.05) is 5.30 Å². The molecule has 4 nitrogen and oxygen atoms in total. The molecule has 15 heavy (non-hydrogen) atoms. The molecule has 5 heteroatoms. The summed E-state index contributed by atoms with van der Waals surface area (Å²) in [6.07, 6.45) is -1.56. The molecule has 1 atom stereocenters. The average Bonchev–Trinajstić information content (AvgIpc) is 2.15. The van der Waals surface area contributed by atoms with Gasteiger partial charge in [0.1, 0.15) is 7.14 Å². The zero-order valence-electron chi connectivity index (χ0n) is 8.54. The summed E-state index contributed by atoms with van der Waals surface area (Å²) < 4.78 is 11.7. The highest BCUT2D eigenvalue weighted by Crippen LogP contribution is 2.35. The highest BCUT2D eigenvalue weighted by atomic mass is 31.2. The van der Waals surface area contributed by atoms with Crippen molar-refractivity contribution in [2.75, 3.05) is 13.3 Å². The molecule has 0 radical (unpaired) electrons. The van der Waals surface area contributed by atoms with Gasteiger partial charge in [-0.3, -0.25) is 0 Å². The number of rotatable bonds is 3. The third-order valence-electron chi connectivity index (χ3n) is 2.04. The molecule has 0 aliphatic rings. The van der Waals surface area contributed by atoms with Crippen LogP contribution >= 0.6 is 7.14 Å². The average molecular weight is 228 g/mol. The lowest BCUT2D eigenvalue weighted by Crippen LogP contribution is -2.13. The Morgan fingerprint density at radius 3 is 2.47 bits per heavy atom. The molecule has 0 aliphatic heterocycles. The minimum absolute atomic E-state index is 0.254. The summed E-state index contributed by atoms with van der Waals surface area (Å²) in [5.41, 5.74) is 0.254.